The molecule has 0 aliphatic rings. The van der Waals surface area contributed by atoms with Crippen molar-refractivity contribution in [2.45, 2.75) is 29.6 Å². The maximum atomic E-state index is 10.7. The van der Waals surface area contributed by atoms with Crippen molar-refractivity contribution in [2.75, 3.05) is 0 Å². The van der Waals surface area contributed by atoms with Gasteiger partial charge < -0.3 is 10.2 Å². The van der Waals surface area contributed by atoms with Crippen LogP contribution in [-0.4, -0.2) is 10.2 Å². The van der Waals surface area contributed by atoms with Crippen LogP contribution < -0.4 is 0 Å². The van der Waals surface area contributed by atoms with Gasteiger partial charge in [0.2, 0.25) is 0 Å². The highest BCUT2D eigenvalue weighted by Gasteiger charge is 2.16. The van der Waals surface area contributed by atoms with E-state index in [4.69, 9.17) is 0 Å². The first kappa shape index (κ1) is 20.1. The second-order valence-corrected chi connectivity index (χ2v) is 8.63. The van der Waals surface area contributed by atoms with Gasteiger partial charge in [0.25, 0.3) is 0 Å². The number of rotatable bonds is 5. The molecular weight excluding hydrogens is 388 g/mol. The molecule has 150 valence electrons. The Balaban J connectivity index is 1.62. The monoisotopic (exact) mass is 412 g/mol. The van der Waals surface area contributed by atoms with Crippen molar-refractivity contribution in [3.63, 3.8) is 0 Å². The number of aryl methyl sites for hydroxylation is 1. The average molecular weight is 413 g/mol. The lowest BCUT2D eigenvalue weighted by molar-refractivity contribution is 0.461. The van der Waals surface area contributed by atoms with Gasteiger partial charge in [0.1, 0.15) is 11.5 Å². The zero-order valence-corrected chi connectivity index (χ0v) is 17.9. The van der Waals surface area contributed by atoms with E-state index in [0.29, 0.717) is 5.75 Å². The maximum absolute atomic E-state index is 10.7. The first-order chi connectivity index (χ1) is 14.5. The maximum Gasteiger partial charge on any atom is 0.122 e. The van der Waals surface area contributed by atoms with Crippen LogP contribution in [0.5, 0.6) is 11.5 Å². The van der Waals surface area contributed by atoms with Gasteiger partial charge in [-0.3, -0.25) is 0 Å². The molecule has 4 rings (SSSR count). The Hall–Kier alpha value is -3.17. The number of hydrogen-bond donors (Lipinski definition) is 2. The van der Waals surface area contributed by atoms with Gasteiger partial charge in [0.15, 0.2) is 0 Å². The first-order valence-corrected chi connectivity index (χ1v) is 10.8. The minimum atomic E-state index is 0.0638. The van der Waals surface area contributed by atoms with E-state index in [1.165, 1.54) is 11.1 Å². The minimum absolute atomic E-state index is 0.0638. The number of phenolic OH excluding ortho intramolecular Hbond substituents is 2. The summed E-state index contributed by atoms with van der Waals surface area (Å²) in [5, 5.41) is 20.2. The van der Waals surface area contributed by atoms with Crippen LogP contribution in [0.25, 0.3) is 11.1 Å². The summed E-state index contributed by atoms with van der Waals surface area (Å²) < 4.78 is 0. The fourth-order valence-electron chi connectivity index (χ4n) is 3.59. The molecule has 0 bridgehead atoms. The molecule has 0 amide bonds. The summed E-state index contributed by atoms with van der Waals surface area (Å²) in [6, 6.07) is 30.1. The molecule has 2 N–H and O–H groups in total. The fourth-order valence-corrected chi connectivity index (χ4v) is 4.55. The molecule has 0 radical (unpaired) electrons. The van der Waals surface area contributed by atoms with E-state index < -0.39 is 0 Å². The zero-order chi connectivity index (χ0) is 21.1. The smallest absolute Gasteiger partial charge is 0.122 e. The van der Waals surface area contributed by atoms with Crippen molar-refractivity contribution in [2.24, 2.45) is 0 Å². The summed E-state index contributed by atoms with van der Waals surface area (Å²) in [6.07, 6.45) is 0. The van der Waals surface area contributed by atoms with Gasteiger partial charge in [-0.2, -0.15) is 0 Å². The first-order valence-electron chi connectivity index (χ1n) is 9.97. The second-order valence-electron chi connectivity index (χ2n) is 7.48. The van der Waals surface area contributed by atoms with E-state index in [0.717, 1.165) is 26.5 Å². The van der Waals surface area contributed by atoms with Crippen molar-refractivity contribution >= 4 is 11.8 Å². The molecule has 0 saturated carbocycles. The SMILES string of the molecule is Cc1cc(Sc2ccc(O)cc2)cc(C(C)c2ccc(-c3ccccc3)cc2)c1O. The van der Waals surface area contributed by atoms with Crippen molar-refractivity contribution < 1.29 is 10.2 Å². The minimum Gasteiger partial charge on any atom is -0.508 e. The molecule has 1 unspecified atom stereocenters. The summed E-state index contributed by atoms with van der Waals surface area (Å²) in [6.45, 7) is 4.06. The lowest BCUT2D eigenvalue weighted by Gasteiger charge is -2.18. The normalized spacial score (nSPS) is 11.9. The molecule has 4 aromatic rings. The molecule has 3 heteroatoms. The van der Waals surface area contributed by atoms with Gasteiger partial charge in [-0.05, 0) is 65.6 Å². The highest BCUT2D eigenvalue weighted by Crippen LogP contribution is 2.39. The quantitative estimate of drug-likeness (QED) is 0.359. The molecular formula is C27H24O2S. The van der Waals surface area contributed by atoms with Crippen LogP contribution in [0.2, 0.25) is 0 Å². The van der Waals surface area contributed by atoms with Crippen molar-refractivity contribution in [3.8, 4) is 22.6 Å². The van der Waals surface area contributed by atoms with Crippen LogP contribution in [0.1, 0.15) is 29.5 Å². The summed E-state index contributed by atoms with van der Waals surface area (Å²) in [7, 11) is 0. The molecule has 4 aromatic carbocycles. The topological polar surface area (TPSA) is 40.5 Å². The van der Waals surface area contributed by atoms with Crippen LogP contribution in [0.15, 0.2) is 101 Å². The van der Waals surface area contributed by atoms with Gasteiger partial charge in [0.05, 0.1) is 0 Å². The van der Waals surface area contributed by atoms with Crippen LogP contribution in [0.3, 0.4) is 0 Å². The third-order valence-corrected chi connectivity index (χ3v) is 6.34. The van der Waals surface area contributed by atoms with E-state index in [2.05, 4.69) is 49.4 Å². The highest BCUT2D eigenvalue weighted by atomic mass is 32.2. The van der Waals surface area contributed by atoms with E-state index in [9.17, 15) is 10.2 Å². The van der Waals surface area contributed by atoms with Crippen LogP contribution >= 0.6 is 11.8 Å². The molecule has 0 aromatic heterocycles. The Morgan fingerprint density at radius 2 is 1.33 bits per heavy atom. The number of aromatic hydroxyl groups is 2. The third-order valence-electron chi connectivity index (χ3n) is 5.36. The third kappa shape index (κ3) is 4.37. The molecule has 0 spiro atoms. The second kappa shape index (κ2) is 8.68. The summed E-state index contributed by atoms with van der Waals surface area (Å²) in [4.78, 5) is 2.11. The van der Waals surface area contributed by atoms with Gasteiger partial charge in [-0.25, -0.2) is 0 Å². The number of hydrogen-bond acceptors (Lipinski definition) is 3. The largest absolute Gasteiger partial charge is 0.508 e. The van der Waals surface area contributed by atoms with Crippen LogP contribution in [-0.2, 0) is 0 Å². The molecule has 1 atom stereocenters. The predicted octanol–water partition coefficient (Wildman–Crippen LogP) is 7.38. The Kier molecular flexibility index (Phi) is 5.82. The van der Waals surface area contributed by atoms with Crippen molar-refractivity contribution in [1.29, 1.82) is 0 Å². The molecule has 0 heterocycles. The Morgan fingerprint density at radius 1 is 0.700 bits per heavy atom. The van der Waals surface area contributed by atoms with Gasteiger partial charge in [0, 0.05) is 21.3 Å². The molecule has 2 nitrogen and oxygen atoms in total. The zero-order valence-electron chi connectivity index (χ0n) is 17.0. The van der Waals surface area contributed by atoms with Gasteiger partial charge in [-0.15, -0.1) is 0 Å². The molecule has 0 aliphatic heterocycles. The van der Waals surface area contributed by atoms with Gasteiger partial charge in [-0.1, -0.05) is 73.3 Å². The molecule has 30 heavy (non-hydrogen) atoms. The number of phenols is 2. The van der Waals surface area contributed by atoms with Crippen LogP contribution in [0.4, 0.5) is 0 Å². The average Bonchev–Trinajstić information content (AvgIpc) is 2.78. The summed E-state index contributed by atoms with van der Waals surface area (Å²) in [5.74, 6) is 0.674. The van der Waals surface area contributed by atoms with Gasteiger partial charge >= 0.3 is 0 Å². The highest BCUT2D eigenvalue weighted by molar-refractivity contribution is 7.99. The molecule has 0 aliphatic carbocycles. The molecule has 0 saturated heterocycles. The Labute approximate surface area is 181 Å². The van der Waals surface area contributed by atoms with E-state index >= 15 is 0 Å². The Morgan fingerprint density at radius 3 is 2.00 bits per heavy atom. The number of benzene rings is 4. The standard InChI is InChI=1S/C27H24O2S/c1-18-16-25(30-24-14-12-23(28)13-15-24)17-26(27(18)29)19(2)20-8-10-22(11-9-20)21-6-4-3-5-7-21/h3-17,19,28-29H,1-2H3. The summed E-state index contributed by atoms with van der Waals surface area (Å²) >= 11 is 1.62. The lowest BCUT2D eigenvalue weighted by atomic mass is 9.90. The van der Waals surface area contributed by atoms with Crippen molar-refractivity contribution in [3.05, 3.63) is 108 Å². The fraction of sp³-hybridized carbons (Fsp3) is 0.111. The Bertz CT molecular complexity index is 1130. The predicted molar refractivity (Wildman–Crippen MR) is 124 cm³/mol. The molecule has 0 fully saturated rings. The van der Waals surface area contributed by atoms with Crippen LogP contribution in [0, 0.1) is 6.92 Å². The van der Waals surface area contributed by atoms with E-state index in [1.54, 1.807) is 23.9 Å². The van der Waals surface area contributed by atoms with Crippen molar-refractivity contribution in [1.82, 2.24) is 0 Å². The lowest BCUT2D eigenvalue weighted by Crippen LogP contribution is -1.98. The summed E-state index contributed by atoms with van der Waals surface area (Å²) in [5.41, 5.74) is 5.33. The van der Waals surface area contributed by atoms with E-state index in [-0.39, 0.29) is 11.7 Å². The van der Waals surface area contributed by atoms with E-state index in [1.807, 2.05) is 43.3 Å².